The minimum atomic E-state index is -1.05. The third-order valence-corrected chi connectivity index (χ3v) is 4.09. The molecule has 19 heavy (non-hydrogen) atoms. The lowest BCUT2D eigenvalue weighted by Gasteiger charge is -2.25. The van der Waals surface area contributed by atoms with E-state index in [-0.39, 0.29) is 19.0 Å². The van der Waals surface area contributed by atoms with E-state index in [1.54, 1.807) is 0 Å². The first-order chi connectivity index (χ1) is 9.08. The number of nitrogens with one attached hydrogen (secondary N) is 1. The van der Waals surface area contributed by atoms with Crippen LogP contribution in [0.5, 0.6) is 0 Å². The maximum atomic E-state index is 12.0. The van der Waals surface area contributed by atoms with Gasteiger partial charge in [0.2, 0.25) is 0 Å². The van der Waals surface area contributed by atoms with Crippen molar-refractivity contribution in [3.8, 4) is 0 Å². The molecule has 1 heterocycles. The summed E-state index contributed by atoms with van der Waals surface area (Å²) in [6.07, 6.45) is 5.33. The number of carboxylic acids is 1. The third kappa shape index (κ3) is 3.59. The van der Waals surface area contributed by atoms with Crippen LogP contribution in [0.3, 0.4) is 0 Å². The summed E-state index contributed by atoms with van der Waals surface area (Å²) < 4.78 is 0. The molecular formula is C13H22N2O4. The number of aliphatic carboxylic acids is 1. The van der Waals surface area contributed by atoms with Gasteiger partial charge in [-0.25, -0.2) is 9.59 Å². The van der Waals surface area contributed by atoms with E-state index in [4.69, 9.17) is 5.11 Å². The number of β-amino-alcohol motifs (C(OH)–C–C–N with tert-alkyl or cyclic N) is 1. The molecule has 0 aromatic rings. The minimum Gasteiger partial charge on any atom is -0.480 e. The van der Waals surface area contributed by atoms with Crippen LogP contribution in [0.15, 0.2) is 0 Å². The summed E-state index contributed by atoms with van der Waals surface area (Å²) in [7, 11) is 0. The van der Waals surface area contributed by atoms with Crippen molar-refractivity contribution in [3.63, 3.8) is 0 Å². The van der Waals surface area contributed by atoms with Crippen LogP contribution in [0.25, 0.3) is 0 Å². The molecule has 1 aliphatic heterocycles. The van der Waals surface area contributed by atoms with E-state index >= 15 is 0 Å². The molecule has 0 unspecified atom stereocenters. The van der Waals surface area contributed by atoms with Gasteiger partial charge in [-0.05, 0) is 18.8 Å². The fourth-order valence-electron chi connectivity index (χ4n) is 3.00. The summed E-state index contributed by atoms with van der Waals surface area (Å²) in [4.78, 5) is 24.3. The van der Waals surface area contributed by atoms with E-state index in [0.29, 0.717) is 12.5 Å². The first-order valence-corrected chi connectivity index (χ1v) is 7.03. The zero-order valence-electron chi connectivity index (χ0n) is 11.0. The fourth-order valence-corrected chi connectivity index (χ4v) is 3.00. The number of hydrogen-bond donors (Lipinski definition) is 3. The Balaban J connectivity index is 1.82. The molecule has 2 atom stereocenters. The van der Waals surface area contributed by atoms with Crippen molar-refractivity contribution in [1.29, 1.82) is 0 Å². The average Bonchev–Trinajstić information content (AvgIpc) is 2.79. The molecule has 0 spiro atoms. The quantitative estimate of drug-likeness (QED) is 0.707. The van der Waals surface area contributed by atoms with Crippen LogP contribution in [0.1, 0.15) is 38.5 Å². The molecule has 2 rings (SSSR count). The number of aliphatic hydroxyl groups is 1. The van der Waals surface area contributed by atoms with Gasteiger partial charge in [-0.2, -0.15) is 0 Å². The lowest BCUT2D eigenvalue weighted by atomic mass is 9.89. The van der Waals surface area contributed by atoms with Gasteiger partial charge < -0.3 is 20.4 Å². The van der Waals surface area contributed by atoms with Crippen LogP contribution >= 0.6 is 0 Å². The van der Waals surface area contributed by atoms with Crippen LogP contribution in [0.2, 0.25) is 0 Å². The number of carbonyl (C=O) groups is 2. The van der Waals surface area contributed by atoms with Gasteiger partial charge in [0, 0.05) is 19.5 Å². The Kier molecular flexibility index (Phi) is 4.63. The van der Waals surface area contributed by atoms with Crippen molar-refractivity contribution >= 4 is 12.0 Å². The largest absolute Gasteiger partial charge is 0.480 e. The number of urea groups is 1. The summed E-state index contributed by atoms with van der Waals surface area (Å²) in [6.45, 7) is 0.714. The van der Waals surface area contributed by atoms with Crippen molar-refractivity contribution in [2.24, 2.45) is 5.92 Å². The van der Waals surface area contributed by atoms with Gasteiger partial charge in [0.25, 0.3) is 0 Å². The molecule has 108 valence electrons. The fraction of sp³-hybridized carbons (Fsp3) is 0.846. The molecule has 2 aliphatic rings. The highest BCUT2D eigenvalue weighted by atomic mass is 16.4. The molecule has 1 saturated carbocycles. The summed E-state index contributed by atoms with van der Waals surface area (Å²) in [6, 6.07) is -1.27. The molecule has 2 fully saturated rings. The summed E-state index contributed by atoms with van der Waals surface area (Å²) in [5.74, 6) is -0.544. The van der Waals surface area contributed by atoms with E-state index in [0.717, 1.165) is 12.8 Å². The van der Waals surface area contributed by atoms with Gasteiger partial charge in [-0.15, -0.1) is 0 Å². The number of carbonyl (C=O) groups excluding carboxylic acids is 1. The summed E-state index contributed by atoms with van der Waals surface area (Å²) in [5.41, 5.74) is 0. The van der Waals surface area contributed by atoms with Crippen molar-refractivity contribution in [2.45, 2.75) is 50.7 Å². The van der Waals surface area contributed by atoms with E-state index < -0.39 is 18.1 Å². The number of amides is 2. The second-order valence-electron chi connectivity index (χ2n) is 5.59. The molecule has 0 aromatic carbocycles. The Labute approximate surface area is 112 Å². The van der Waals surface area contributed by atoms with Gasteiger partial charge in [-0.1, -0.05) is 19.3 Å². The van der Waals surface area contributed by atoms with Gasteiger partial charge in [0.05, 0.1) is 6.10 Å². The molecule has 3 N–H and O–H groups in total. The molecular weight excluding hydrogens is 248 g/mol. The Bertz CT molecular complexity index is 342. The zero-order valence-corrected chi connectivity index (χ0v) is 11.0. The highest BCUT2D eigenvalue weighted by molar-refractivity contribution is 5.83. The topological polar surface area (TPSA) is 89.9 Å². The number of hydrogen-bond acceptors (Lipinski definition) is 3. The predicted molar refractivity (Wildman–Crippen MR) is 68.7 cm³/mol. The van der Waals surface area contributed by atoms with E-state index in [1.165, 1.54) is 24.2 Å². The third-order valence-electron chi connectivity index (χ3n) is 4.09. The lowest BCUT2D eigenvalue weighted by molar-refractivity contribution is -0.141. The van der Waals surface area contributed by atoms with Crippen molar-refractivity contribution in [1.82, 2.24) is 10.2 Å². The first kappa shape index (κ1) is 14.1. The second kappa shape index (κ2) is 6.23. The average molecular weight is 270 g/mol. The Morgan fingerprint density at radius 1 is 1.21 bits per heavy atom. The van der Waals surface area contributed by atoms with Crippen LogP contribution < -0.4 is 5.32 Å². The van der Waals surface area contributed by atoms with Gasteiger partial charge >= 0.3 is 12.0 Å². The standard InChI is InChI=1S/C13H22N2O4/c16-10-6-11(12(17)18)15(8-10)13(19)14-7-9-4-2-1-3-5-9/h9-11,16H,1-8H2,(H,14,19)(H,17,18)/t10-,11-/m0/s1. The van der Waals surface area contributed by atoms with Crippen molar-refractivity contribution in [2.75, 3.05) is 13.1 Å². The molecule has 6 heteroatoms. The van der Waals surface area contributed by atoms with E-state index in [2.05, 4.69) is 5.32 Å². The van der Waals surface area contributed by atoms with Crippen LogP contribution in [-0.2, 0) is 4.79 Å². The highest BCUT2D eigenvalue weighted by Gasteiger charge is 2.38. The number of carboxylic acid groups (broad SMARTS) is 1. The number of rotatable bonds is 3. The van der Waals surface area contributed by atoms with Gasteiger partial charge in [-0.3, -0.25) is 0 Å². The SMILES string of the molecule is O=C(O)[C@@H]1C[C@H](O)CN1C(=O)NCC1CCCCC1. The maximum Gasteiger partial charge on any atom is 0.326 e. The van der Waals surface area contributed by atoms with Crippen LogP contribution in [0, 0.1) is 5.92 Å². The predicted octanol–water partition coefficient (Wildman–Crippen LogP) is 0.796. The smallest absolute Gasteiger partial charge is 0.326 e. The number of aliphatic hydroxyl groups excluding tert-OH is 1. The molecule has 1 aliphatic carbocycles. The minimum absolute atomic E-state index is 0.105. The Morgan fingerprint density at radius 2 is 1.89 bits per heavy atom. The Morgan fingerprint density at radius 3 is 2.53 bits per heavy atom. The monoisotopic (exact) mass is 270 g/mol. The molecule has 2 amide bonds. The van der Waals surface area contributed by atoms with Crippen molar-refractivity contribution in [3.05, 3.63) is 0 Å². The van der Waals surface area contributed by atoms with Gasteiger partial charge in [0.15, 0.2) is 0 Å². The lowest BCUT2D eigenvalue weighted by Crippen LogP contribution is -2.47. The van der Waals surface area contributed by atoms with Crippen molar-refractivity contribution < 1.29 is 19.8 Å². The van der Waals surface area contributed by atoms with Crippen LogP contribution in [-0.4, -0.2) is 52.3 Å². The normalized spacial score (nSPS) is 28.4. The zero-order chi connectivity index (χ0) is 13.8. The van der Waals surface area contributed by atoms with E-state index in [1.807, 2.05) is 0 Å². The molecule has 0 radical (unpaired) electrons. The maximum absolute atomic E-state index is 12.0. The molecule has 0 bridgehead atoms. The summed E-state index contributed by atoms with van der Waals surface area (Å²) in [5, 5.41) is 21.3. The number of likely N-dealkylation sites (tertiary alicyclic amines) is 1. The highest BCUT2D eigenvalue weighted by Crippen LogP contribution is 2.23. The Hall–Kier alpha value is -1.30. The molecule has 1 saturated heterocycles. The first-order valence-electron chi connectivity index (χ1n) is 7.03. The second-order valence-corrected chi connectivity index (χ2v) is 5.59. The van der Waals surface area contributed by atoms with Crippen LogP contribution in [0.4, 0.5) is 4.79 Å². The van der Waals surface area contributed by atoms with E-state index in [9.17, 15) is 14.7 Å². The number of nitrogens with zero attached hydrogens (tertiary/aromatic N) is 1. The molecule has 0 aromatic heterocycles. The van der Waals surface area contributed by atoms with Gasteiger partial charge in [0.1, 0.15) is 6.04 Å². The molecule has 6 nitrogen and oxygen atoms in total. The summed E-state index contributed by atoms with van der Waals surface area (Å²) >= 11 is 0.